The third-order valence-electron chi connectivity index (χ3n) is 4.50. The summed E-state index contributed by atoms with van der Waals surface area (Å²) in [6.45, 7) is 5.46. The lowest BCUT2D eigenvalue weighted by Crippen LogP contribution is -2.27. The highest BCUT2D eigenvalue weighted by molar-refractivity contribution is 7.88. The zero-order valence-electron chi connectivity index (χ0n) is 16.3. The van der Waals surface area contributed by atoms with Crippen LogP contribution >= 0.6 is 0 Å². The second-order valence-corrected chi connectivity index (χ2v) is 8.94. The standard InChI is InChI=1S/C18H26N6O3S/c1-12(2)24-17(19)16(11-20-24)21-14-7-6-13(10-15(14)22-28(3,26)27)18(25)23-8-4-5-9-23/h6-7,10-12,22,25H,4-5,8-9,19H2,1-3H3. The van der Waals surface area contributed by atoms with Crippen molar-refractivity contribution >= 4 is 27.2 Å². The first-order valence-corrected chi connectivity index (χ1v) is 11.0. The smallest absolute Gasteiger partial charge is 0.229 e. The summed E-state index contributed by atoms with van der Waals surface area (Å²) in [5.74, 6) is 0.531. The van der Waals surface area contributed by atoms with Gasteiger partial charge in [-0.1, -0.05) is 0 Å². The molecule has 1 aliphatic carbocycles. The lowest BCUT2D eigenvalue weighted by molar-refractivity contribution is 0.230. The fourth-order valence-corrected chi connectivity index (χ4v) is 3.72. The van der Waals surface area contributed by atoms with Crippen molar-refractivity contribution in [1.82, 2.24) is 19.4 Å². The summed E-state index contributed by atoms with van der Waals surface area (Å²) in [5, 5.41) is 14.8. The van der Waals surface area contributed by atoms with Crippen molar-refractivity contribution in [2.24, 2.45) is 4.99 Å². The summed E-state index contributed by atoms with van der Waals surface area (Å²) in [6.07, 6.45) is 9.59. The number of hydrogen-bond acceptors (Lipinski definition) is 7. The molecule has 1 aromatic rings. The Morgan fingerprint density at radius 2 is 2.00 bits per heavy atom. The number of likely N-dealkylation sites (tertiary alicyclic amines) is 1. The molecular weight excluding hydrogens is 380 g/mol. The van der Waals surface area contributed by atoms with E-state index in [9.17, 15) is 13.5 Å². The van der Waals surface area contributed by atoms with Gasteiger partial charge >= 0.3 is 0 Å². The lowest BCUT2D eigenvalue weighted by atomic mass is 10.1. The monoisotopic (exact) mass is 406 g/mol. The summed E-state index contributed by atoms with van der Waals surface area (Å²) < 4.78 is 27.8. The number of nitrogens with one attached hydrogen (secondary N) is 1. The van der Waals surface area contributed by atoms with E-state index in [4.69, 9.17) is 5.73 Å². The molecule has 4 N–H and O–H groups in total. The maximum absolute atomic E-state index is 11.8. The first kappa shape index (κ1) is 20.0. The first-order valence-electron chi connectivity index (χ1n) is 9.13. The maximum Gasteiger partial charge on any atom is 0.229 e. The molecule has 0 aromatic carbocycles. The average molecular weight is 407 g/mol. The van der Waals surface area contributed by atoms with Crippen molar-refractivity contribution in [1.29, 1.82) is 0 Å². The molecule has 0 atom stereocenters. The average Bonchev–Trinajstić information content (AvgIpc) is 3.25. The Hall–Kier alpha value is -2.75. The molecule has 1 fully saturated rings. The molecule has 0 radical (unpaired) electrons. The van der Waals surface area contributed by atoms with Crippen LogP contribution < -0.4 is 10.5 Å². The van der Waals surface area contributed by atoms with E-state index in [2.05, 4.69) is 14.8 Å². The van der Waals surface area contributed by atoms with Crippen LogP contribution in [0.1, 0.15) is 32.7 Å². The molecule has 1 saturated heterocycles. The quantitative estimate of drug-likeness (QED) is 0.642. The minimum absolute atomic E-state index is 0.0759. The van der Waals surface area contributed by atoms with E-state index >= 15 is 0 Å². The molecule has 0 bridgehead atoms. The van der Waals surface area contributed by atoms with Gasteiger partial charge in [0, 0.05) is 24.7 Å². The minimum Gasteiger partial charge on any atom is -0.494 e. The Labute approximate surface area is 165 Å². The number of hydrogen-bond donors (Lipinski definition) is 3. The van der Waals surface area contributed by atoms with Gasteiger partial charge in [0.15, 0.2) is 5.88 Å². The summed E-state index contributed by atoms with van der Waals surface area (Å²) >= 11 is 0. The van der Waals surface area contributed by atoms with Gasteiger partial charge in [0.25, 0.3) is 0 Å². The van der Waals surface area contributed by atoms with Gasteiger partial charge < -0.3 is 15.7 Å². The van der Waals surface area contributed by atoms with Crippen molar-refractivity contribution in [3.8, 4) is 0 Å². The summed E-state index contributed by atoms with van der Waals surface area (Å²) in [7, 11) is -3.54. The molecule has 3 rings (SSSR count). The second kappa shape index (κ2) is 7.70. The van der Waals surface area contributed by atoms with Crippen molar-refractivity contribution < 1.29 is 13.5 Å². The molecule has 0 unspecified atom stereocenters. The third-order valence-corrected chi connectivity index (χ3v) is 5.09. The number of anilines is 1. The second-order valence-electron chi connectivity index (χ2n) is 7.19. The fourth-order valence-electron chi connectivity index (χ4n) is 3.16. The molecule has 1 aromatic heterocycles. The molecule has 1 aliphatic heterocycles. The Morgan fingerprint density at radius 1 is 1.32 bits per heavy atom. The minimum atomic E-state index is -3.54. The molecule has 28 heavy (non-hydrogen) atoms. The highest BCUT2D eigenvalue weighted by Gasteiger charge is 2.21. The molecule has 9 nitrogen and oxygen atoms in total. The number of rotatable bonds is 5. The Kier molecular flexibility index (Phi) is 5.50. The lowest BCUT2D eigenvalue weighted by Gasteiger charge is -2.20. The normalized spacial score (nSPS) is 20.8. The predicted molar refractivity (Wildman–Crippen MR) is 110 cm³/mol. The molecule has 2 aliphatic rings. The summed E-state index contributed by atoms with van der Waals surface area (Å²) in [5.41, 5.74) is 7.74. The number of aliphatic hydroxyl groups excluding tert-OH is 1. The molecule has 0 spiro atoms. The van der Waals surface area contributed by atoms with Crippen LogP contribution in [0, 0.1) is 0 Å². The van der Waals surface area contributed by atoms with Crippen LogP contribution in [-0.4, -0.2) is 53.3 Å². The van der Waals surface area contributed by atoms with Crippen molar-refractivity contribution in [2.75, 3.05) is 25.1 Å². The number of nitrogens with two attached hydrogens (primary N) is 1. The summed E-state index contributed by atoms with van der Waals surface area (Å²) in [4.78, 5) is 6.36. The first-order chi connectivity index (χ1) is 13.2. The van der Waals surface area contributed by atoms with Gasteiger partial charge in [0.05, 0.1) is 23.9 Å². The molecule has 0 saturated carbocycles. The SMILES string of the molecule is CC(C)n1ncc(N=C2C=CC(=C(O)N3CCCC3)C=C2NS(C)(=O)=O)c1N. The number of nitrogen functional groups attached to an aromatic ring is 1. The van der Waals surface area contributed by atoms with Crippen molar-refractivity contribution in [3.63, 3.8) is 0 Å². The zero-order valence-corrected chi connectivity index (χ0v) is 17.1. The van der Waals surface area contributed by atoms with Gasteiger partial charge in [-0.2, -0.15) is 5.10 Å². The zero-order chi connectivity index (χ0) is 20.5. The van der Waals surface area contributed by atoms with E-state index in [-0.39, 0.29) is 17.6 Å². The van der Waals surface area contributed by atoms with Gasteiger partial charge in [-0.05, 0) is 44.9 Å². The van der Waals surface area contributed by atoms with Crippen LogP contribution in [0.2, 0.25) is 0 Å². The van der Waals surface area contributed by atoms with Crippen LogP contribution in [0.5, 0.6) is 0 Å². The number of allylic oxidation sites excluding steroid dienone is 4. The van der Waals surface area contributed by atoms with E-state index in [0.717, 1.165) is 32.2 Å². The number of sulfonamides is 1. The number of aliphatic hydroxyl groups is 1. The number of aromatic nitrogens is 2. The summed E-state index contributed by atoms with van der Waals surface area (Å²) in [6, 6.07) is 0.0759. The Morgan fingerprint density at radius 3 is 2.57 bits per heavy atom. The van der Waals surface area contributed by atoms with Gasteiger partial charge in [0.1, 0.15) is 11.5 Å². The highest BCUT2D eigenvalue weighted by Crippen LogP contribution is 2.27. The van der Waals surface area contributed by atoms with E-state index in [0.29, 0.717) is 22.8 Å². The molecular formula is C18H26N6O3S. The van der Waals surface area contributed by atoms with E-state index in [1.54, 1.807) is 29.1 Å². The van der Waals surface area contributed by atoms with Crippen LogP contribution in [0.15, 0.2) is 46.6 Å². The maximum atomic E-state index is 11.8. The molecule has 10 heteroatoms. The van der Waals surface area contributed by atoms with Gasteiger partial charge in [-0.3, -0.25) is 4.72 Å². The van der Waals surface area contributed by atoms with Crippen molar-refractivity contribution in [3.05, 3.63) is 41.6 Å². The third kappa shape index (κ3) is 4.38. The van der Waals surface area contributed by atoms with E-state index in [1.807, 2.05) is 18.7 Å². The largest absolute Gasteiger partial charge is 0.494 e. The van der Waals surface area contributed by atoms with Crippen molar-refractivity contribution in [2.45, 2.75) is 32.7 Å². The van der Waals surface area contributed by atoms with Crippen LogP contribution in [0.25, 0.3) is 0 Å². The molecule has 2 heterocycles. The topological polar surface area (TPSA) is 126 Å². The predicted octanol–water partition coefficient (Wildman–Crippen LogP) is 1.99. The fraction of sp³-hybridized carbons (Fsp3) is 0.444. The molecule has 152 valence electrons. The van der Waals surface area contributed by atoms with Gasteiger partial charge in [-0.25, -0.2) is 18.1 Å². The molecule has 0 amide bonds. The van der Waals surface area contributed by atoms with E-state index < -0.39 is 10.0 Å². The number of nitrogens with zero attached hydrogens (tertiary/aromatic N) is 4. The van der Waals surface area contributed by atoms with Gasteiger partial charge in [-0.15, -0.1) is 0 Å². The number of aliphatic imine (C=N–C) groups is 1. The van der Waals surface area contributed by atoms with E-state index in [1.165, 1.54) is 0 Å². The van der Waals surface area contributed by atoms with Gasteiger partial charge in [0.2, 0.25) is 10.0 Å². The highest BCUT2D eigenvalue weighted by atomic mass is 32.2. The van der Waals surface area contributed by atoms with Crippen LogP contribution in [-0.2, 0) is 10.0 Å². The van der Waals surface area contributed by atoms with Crippen LogP contribution in [0.3, 0.4) is 0 Å². The Bertz CT molecular complexity index is 979. The Balaban J connectivity index is 2.01. The van der Waals surface area contributed by atoms with Crippen LogP contribution in [0.4, 0.5) is 11.5 Å².